The number of likely N-dealkylation sites (N-methyl/N-ethyl adjacent to an activating group) is 1. The van der Waals surface area contributed by atoms with E-state index < -0.39 is 0 Å². The highest BCUT2D eigenvalue weighted by atomic mass is 32.1. The monoisotopic (exact) mass is 345 g/mol. The number of amides is 1. The standard InChI is InChI=1S/C17H23N5OS/c1-22(2)16(23)13-21-17(20-12-15-7-5-11-24-15)19-10-8-14-6-3-4-9-18-14/h3-7,9,11H,8,10,12-13H2,1-2H3,(H2,19,20,21). The largest absolute Gasteiger partial charge is 0.356 e. The first-order valence-electron chi connectivity index (χ1n) is 7.80. The molecule has 2 aromatic rings. The number of thiophene rings is 1. The molecule has 0 saturated carbocycles. The van der Waals surface area contributed by atoms with E-state index in [-0.39, 0.29) is 12.5 Å². The highest BCUT2D eigenvalue weighted by molar-refractivity contribution is 7.09. The molecule has 128 valence electrons. The molecule has 0 atom stereocenters. The molecule has 24 heavy (non-hydrogen) atoms. The van der Waals surface area contributed by atoms with E-state index in [2.05, 4.69) is 26.7 Å². The number of nitrogens with one attached hydrogen (secondary N) is 2. The van der Waals surface area contributed by atoms with Crippen LogP contribution in [-0.4, -0.2) is 48.9 Å². The number of aliphatic imine (C=N–C) groups is 1. The van der Waals surface area contributed by atoms with Crippen molar-refractivity contribution in [3.63, 3.8) is 0 Å². The highest BCUT2D eigenvalue weighted by Gasteiger charge is 2.05. The highest BCUT2D eigenvalue weighted by Crippen LogP contribution is 2.07. The Morgan fingerprint density at radius 1 is 1.25 bits per heavy atom. The summed E-state index contributed by atoms with van der Waals surface area (Å²) in [6.07, 6.45) is 2.58. The smallest absolute Gasteiger partial charge is 0.243 e. The Kier molecular flexibility index (Phi) is 7.22. The zero-order valence-corrected chi connectivity index (χ0v) is 14.8. The van der Waals surface area contributed by atoms with Gasteiger partial charge in [-0.3, -0.25) is 9.78 Å². The topological polar surface area (TPSA) is 69.6 Å². The SMILES string of the molecule is CN(C)C(=O)CN=C(NCCc1ccccn1)NCc1cccs1. The Labute approximate surface area is 146 Å². The fraction of sp³-hybridized carbons (Fsp3) is 0.353. The maximum atomic E-state index is 11.7. The van der Waals surface area contributed by atoms with Gasteiger partial charge in [-0.25, -0.2) is 4.99 Å². The van der Waals surface area contributed by atoms with Gasteiger partial charge in [0.1, 0.15) is 6.54 Å². The predicted molar refractivity (Wildman–Crippen MR) is 98.1 cm³/mol. The molecule has 0 fully saturated rings. The van der Waals surface area contributed by atoms with Crippen molar-refractivity contribution in [1.82, 2.24) is 20.5 Å². The van der Waals surface area contributed by atoms with E-state index in [1.54, 1.807) is 31.6 Å². The molecule has 2 rings (SSSR count). The summed E-state index contributed by atoms with van der Waals surface area (Å²) < 4.78 is 0. The summed E-state index contributed by atoms with van der Waals surface area (Å²) in [4.78, 5) is 23.1. The second-order valence-corrected chi connectivity index (χ2v) is 6.42. The fourth-order valence-electron chi connectivity index (χ4n) is 1.90. The summed E-state index contributed by atoms with van der Waals surface area (Å²) in [7, 11) is 3.45. The lowest BCUT2D eigenvalue weighted by Gasteiger charge is -2.13. The minimum Gasteiger partial charge on any atom is -0.356 e. The van der Waals surface area contributed by atoms with Crippen molar-refractivity contribution in [3.05, 3.63) is 52.5 Å². The number of hydrogen-bond acceptors (Lipinski definition) is 4. The summed E-state index contributed by atoms with van der Waals surface area (Å²) in [6, 6.07) is 9.95. The van der Waals surface area contributed by atoms with Gasteiger partial charge in [-0.05, 0) is 23.6 Å². The number of guanidine groups is 1. The van der Waals surface area contributed by atoms with Crippen molar-refractivity contribution in [3.8, 4) is 0 Å². The lowest BCUT2D eigenvalue weighted by molar-refractivity contribution is -0.127. The minimum atomic E-state index is -0.0306. The van der Waals surface area contributed by atoms with Crippen LogP contribution in [0.2, 0.25) is 0 Å². The van der Waals surface area contributed by atoms with E-state index in [0.717, 1.165) is 12.1 Å². The Bertz CT molecular complexity index is 640. The molecule has 0 unspecified atom stereocenters. The molecule has 2 heterocycles. The van der Waals surface area contributed by atoms with Crippen LogP contribution in [-0.2, 0) is 17.8 Å². The molecule has 0 aromatic carbocycles. The van der Waals surface area contributed by atoms with Gasteiger partial charge in [0.2, 0.25) is 5.91 Å². The third-order valence-corrected chi connectivity index (χ3v) is 4.16. The molecule has 0 aliphatic carbocycles. The van der Waals surface area contributed by atoms with E-state index in [4.69, 9.17) is 0 Å². The first kappa shape index (κ1) is 17.9. The first-order chi connectivity index (χ1) is 11.6. The Balaban J connectivity index is 1.88. The second kappa shape index (κ2) is 9.67. The van der Waals surface area contributed by atoms with Crippen molar-refractivity contribution in [1.29, 1.82) is 0 Å². The van der Waals surface area contributed by atoms with Gasteiger partial charge in [-0.1, -0.05) is 12.1 Å². The van der Waals surface area contributed by atoms with Crippen LogP contribution in [0.5, 0.6) is 0 Å². The number of nitrogens with zero attached hydrogens (tertiary/aromatic N) is 3. The van der Waals surface area contributed by atoms with Crippen molar-refractivity contribution >= 4 is 23.2 Å². The van der Waals surface area contributed by atoms with E-state index in [0.29, 0.717) is 19.0 Å². The Hall–Kier alpha value is -2.41. The third-order valence-electron chi connectivity index (χ3n) is 3.28. The van der Waals surface area contributed by atoms with E-state index in [9.17, 15) is 4.79 Å². The van der Waals surface area contributed by atoms with Crippen LogP contribution < -0.4 is 10.6 Å². The zero-order valence-electron chi connectivity index (χ0n) is 14.0. The van der Waals surface area contributed by atoms with Gasteiger partial charge in [-0.15, -0.1) is 11.3 Å². The Morgan fingerprint density at radius 3 is 2.79 bits per heavy atom. The quantitative estimate of drug-likeness (QED) is 0.589. The number of carbonyl (C=O) groups excluding carboxylic acids is 1. The predicted octanol–water partition coefficient (Wildman–Crippen LogP) is 1.51. The molecule has 0 aliphatic heterocycles. The first-order valence-corrected chi connectivity index (χ1v) is 8.68. The van der Waals surface area contributed by atoms with Gasteiger partial charge in [0.15, 0.2) is 5.96 Å². The molecule has 2 aromatic heterocycles. The van der Waals surface area contributed by atoms with E-state index in [1.165, 1.54) is 9.78 Å². The van der Waals surface area contributed by atoms with Crippen LogP contribution in [0.1, 0.15) is 10.6 Å². The lowest BCUT2D eigenvalue weighted by Crippen LogP contribution is -2.39. The summed E-state index contributed by atoms with van der Waals surface area (Å²) >= 11 is 1.68. The molecule has 0 saturated heterocycles. The van der Waals surface area contributed by atoms with Gasteiger partial charge in [0.25, 0.3) is 0 Å². The summed E-state index contributed by atoms with van der Waals surface area (Å²) in [6.45, 7) is 1.50. The molecule has 0 spiro atoms. The molecule has 1 amide bonds. The molecular formula is C17H23N5OS. The summed E-state index contributed by atoms with van der Waals surface area (Å²) in [5.74, 6) is 0.603. The van der Waals surface area contributed by atoms with Gasteiger partial charge in [0, 0.05) is 43.8 Å². The molecule has 7 heteroatoms. The maximum Gasteiger partial charge on any atom is 0.243 e. The molecule has 6 nitrogen and oxygen atoms in total. The van der Waals surface area contributed by atoms with Crippen LogP contribution in [0.15, 0.2) is 46.9 Å². The number of rotatable bonds is 7. The summed E-state index contributed by atoms with van der Waals surface area (Å²) in [5.41, 5.74) is 1.02. The molecule has 2 N–H and O–H groups in total. The second-order valence-electron chi connectivity index (χ2n) is 5.38. The van der Waals surface area contributed by atoms with Crippen LogP contribution >= 0.6 is 11.3 Å². The molecule has 0 bridgehead atoms. The zero-order chi connectivity index (χ0) is 17.2. The molecular weight excluding hydrogens is 322 g/mol. The van der Waals surface area contributed by atoms with Gasteiger partial charge in [0.05, 0.1) is 6.54 Å². The van der Waals surface area contributed by atoms with E-state index in [1.807, 2.05) is 29.6 Å². The number of hydrogen-bond donors (Lipinski definition) is 2. The van der Waals surface area contributed by atoms with Crippen molar-refractivity contribution < 1.29 is 4.79 Å². The number of carbonyl (C=O) groups is 1. The van der Waals surface area contributed by atoms with Crippen molar-refractivity contribution in [2.45, 2.75) is 13.0 Å². The average molecular weight is 345 g/mol. The van der Waals surface area contributed by atoms with Crippen LogP contribution in [0.25, 0.3) is 0 Å². The lowest BCUT2D eigenvalue weighted by atomic mass is 10.3. The normalized spacial score (nSPS) is 11.2. The summed E-state index contributed by atoms with van der Waals surface area (Å²) in [5, 5.41) is 8.56. The van der Waals surface area contributed by atoms with Gasteiger partial charge in [-0.2, -0.15) is 0 Å². The number of pyridine rings is 1. The van der Waals surface area contributed by atoms with Crippen molar-refractivity contribution in [2.75, 3.05) is 27.2 Å². The van der Waals surface area contributed by atoms with Crippen LogP contribution in [0.3, 0.4) is 0 Å². The molecule has 0 aliphatic rings. The fourth-order valence-corrected chi connectivity index (χ4v) is 2.55. The van der Waals surface area contributed by atoms with Crippen LogP contribution in [0, 0.1) is 0 Å². The van der Waals surface area contributed by atoms with E-state index >= 15 is 0 Å². The number of aromatic nitrogens is 1. The maximum absolute atomic E-state index is 11.7. The van der Waals surface area contributed by atoms with Crippen LogP contribution in [0.4, 0.5) is 0 Å². The van der Waals surface area contributed by atoms with Gasteiger partial charge >= 0.3 is 0 Å². The minimum absolute atomic E-state index is 0.0306. The Morgan fingerprint density at radius 2 is 2.12 bits per heavy atom. The van der Waals surface area contributed by atoms with Gasteiger partial charge < -0.3 is 15.5 Å². The molecule has 0 radical (unpaired) electrons. The third kappa shape index (κ3) is 6.37. The van der Waals surface area contributed by atoms with Crippen molar-refractivity contribution in [2.24, 2.45) is 4.99 Å². The average Bonchev–Trinajstić information content (AvgIpc) is 3.10.